The van der Waals surface area contributed by atoms with Crippen LogP contribution in [0.3, 0.4) is 0 Å². The quantitative estimate of drug-likeness (QED) is 0.363. The lowest BCUT2D eigenvalue weighted by molar-refractivity contribution is -0.142. The van der Waals surface area contributed by atoms with Crippen LogP contribution in [0.5, 0.6) is 0 Å². The van der Waals surface area contributed by atoms with Crippen molar-refractivity contribution >= 4 is 44.2 Å². The van der Waals surface area contributed by atoms with E-state index in [2.05, 4.69) is 0 Å². The molecule has 0 bridgehead atoms. The van der Waals surface area contributed by atoms with E-state index in [0.717, 1.165) is 34.3 Å². The Morgan fingerprint density at radius 1 is 1.06 bits per heavy atom. The summed E-state index contributed by atoms with van der Waals surface area (Å²) in [5.74, 6) is -1.64. The van der Waals surface area contributed by atoms with Crippen molar-refractivity contribution < 1.29 is 14.4 Å². The van der Waals surface area contributed by atoms with Crippen LogP contribution in [0.1, 0.15) is 23.8 Å². The fourth-order valence-electron chi connectivity index (χ4n) is 4.40. The van der Waals surface area contributed by atoms with Gasteiger partial charge in [-0.05, 0) is 25.1 Å². The molecule has 0 saturated carbocycles. The number of carbonyl (C=O) groups excluding carboxylic acids is 2. The fourth-order valence-corrected chi connectivity index (χ4v) is 5.33. The lowest BCUT2D eigenvalue weighted by atomic mass is 10.1. The van der Waals surface area contributed by atoms with Gasteiger partial charge in [0.1, 0.15) is 0 Å². The molecule has 0 radical (unpaired) electrons. The molecular formula is C25H23N5O4S. The number of nitrogens with two attached hydrogens (primary N) is 2. The van der Waals surface area contributed by atoms with Gasteiger partial charge in [-0.25, -0.2) is 9.59 Å². The third-order valence-electron chi connectivity index (χ3n) is 5.82. The highest BCUT2D eigenvalue weighted by atomic mass is 32.1. The van der Waals surface area contributed by atoms with Crippen molar-refractivity contribution in [3.05, 3.63) is 76.3 Å². The molecule has 35 heavy (non-hydrogen) atoms. The number of rotatable bonds is 7. The van der Waals surface area contributed by atoms with Crippen LogP contribution >= 0.6 is 11.3 Å². The summed E-state index contributed by atoms with van der Waals surface area (Å²) >= 11 is 1.47. The summed E-state index contributed by atoms with van der Waals surface area (Å²) < 4.78 is 5.09. The van der Waals surface area contributed by atoms with Gasteiger partial charge in [-0.2, -0.15) is 0 Å². The molecule has 0 fully saturated rings. The Morgan fingerprint density at radius 3 is 2.49 bits per heavy atom. The van der Waals surface area contributed by atoms with Gasteiger partial charge in [-0.3, -0.25) is 9.36 Å². The first-order valence-corrected chi connectivity index (χ1v) is 11.9. The molecule has 5 aromatic rings. The topological polar surface area (TPSA) is 127 Å². The van der Waals surface area contributed by atoms with Gasteiger partial charge >= 0.3 is 11.7 Å². The molecule has 1 amide bonds. The van der Waals surface area contributed by atoms with Gasteiger partial charge in [0.05, 0.1) is 11.4 Å². The SMILES string of the molecule is CC(=O)On1c(C(N)=O)c(-c2cn(CCCN)c3ccccc23)n(-c2csc3ccccc23)c1=O. The van der Waals surface area contributed by atoms with E-state index < -0.39 is 17.6 Å². The predicted octanol–water partition coefficient (Wildman–Crippen LogP) is 2.90. The first-order valence-electron chi connectivity index (χ1n) is 11.0. The van der Waals surface area contributed by atoms with Gasteiger partial charge in [0.25, 0.3) is 5.91 Å². The van der Waals surface area contributed by atoms with Crippen LogP contribution in [0, 0.1) is 0 Å². The number of primary amides is 1. The lowest BCUT2D eigenvalue weighted by Gasteiger charge is -2.07. The van der Waals surface area contributed by atoms with E-state index in [-0.39, 0.29) is 11.4 Å². The average molecular weight is 490 g/mol. The summed E-state index contributed by atoms with van der Waals surface area (Å²) in [6, 6.07) is 15.3. The maximum atomic E-state index is 13.7. The summed E-state index contributed by atoms with van der Waals surface area (Å²) in [7, 11) is 0. The predicted molar refractivity (Wildman–Crippen MR) is 136 cm³/mol. The molecule has 178 valence electrons. The normalized spacial score (nSPS) is 11.4. The minimum atomic E-state index is -0.893. The van der Waals surface area contributed by atoms with E-state index in [1.54, 1.807) is 0 Å². The second-order valence-corrected chi connectivity index (χ2v) is 8.98. The Balaban J connectivity index is 1.92. The smallest absolute Gasteiger partial charge is 0.364 e. The maximum absolute atomic E-state index is 13.7. The van der Waals surface area contributed by atoms with Crippen LogP contribution in [0.4, 0.5) is 0 Å². The zero-order valence-electron chi connectivity index (χ0n) is 18.9. The standard InChI is InChI=1S/C25H23N5O4S/c1-15(31)34-30-23(24(27)32)22(18-13-28(12-6-11-26)19-9-4-2-7-16(18)19)29(25(30)33)20-14-35-21-10-5-3-8-17(20)21/h2-5,7-10,13-14H,6,11-12,26H2,1H3,(H2,27,32). The van der Waals surface area contributed by atoms with Gasteiger partial charge in [0.15, 0.2) is 5.69 Å². The van der Waals surface area contributed by atoms with Gasteiger partial charge in [-0.15, -0.1) is 16.1 Å². The Labute approximate surface area is 203 Å². The summed E-state index contributed by atoms with van der Waals surface area (Å²) in [6.07, 6.45) is 2.63. The second kappa shape index (κ2) is 8.90. The molecule has 0 atom stereocenters. The molecule has 5 rings (SSSR count). The third kappa shape index (κ3) is 3.72. The van der Waals surface area contributed by atoms with Crippen molar-refractivity contribution in [1.82, 2.24) is 13.9 Å². The van der Waals surface area contributed by atoms with Gasteiger partial charge in [0, 0.05) is 51.6 Å². The van der Waals surface area contributed by atoms with E-state index in [1.807, 2.05) is 64.7 Å². The molecule has 2 aromatic carbocycles. The van der Waals surface area contributed by atoms with Crippen molar-refractivity contribution in [2.24, 2.45) is 11.5 Å². The van der Waals surface area contributed by atoms with Crippen LogP contribution in [0.15, 0.2) is 64.9 Å². The minimum Gasteiger partial charge on any atom is -0.364 e. The number of para-hydroxylation sites is 1. The number of amides is 1. The van der Waals surface area contributed by atoms with Gasteiger partial charge < -0.3 is 20.9 Å². The van der Waals surface area contributed by atoms with Crippen LogP contribution in [0.25, 0.3) is 37.9 Å². The molecule has 0 aliphatic carbocycles. The molecule has 4 N–H and O–H groups in total. The van der Waals surface area contributed by atoms with E-state index in [0.29, 0.717) is 29.1 Å². The number of nitrogens with zero attached hydrogens (tertiary/aromatic N) is 3. The van der Waals surface area contributed by atoms with Crippen LogP contribution in [-0.2, 0) is 11.3 Å². The largest absolute Gasteiger partial charge is 0.367 e. The second-order valence-electron chi connectivity index (χ2n) is 8.07. The summed E-state index contributed by atoms with van der Waals surface area (Å²) in [4.78, 5) is 43.5. The van der Waals surface area contributed by atoms with Crippen LogP contribution in [0.2, 0.25) is 0 Å². The van der Waals surface area contributed by atoms with E-state index in [1.165, 1.54) is 15.9 Å². The van der Waals surface area contributed by atoms with Crippen molar-refractivity contribution in [3.8, 4) is 16.9 Å². The first kappa shape index (κ1) is 22.6. The summed E-state index contributed by atoms with van der Waals surface area (Å²) in [5.41, 5.74) is 13.0. The highest BCUT2D eigenvalue weighted by Crippen LogP contribution is 2.37. The number of aromatic nitrogens is 3. The summed E-state index contributed by atoms with van der Waals surface area (Å²) in [6.45, 7) is 2.33. The highest BCUT2D eigenvalue weighted by molar-refractivity contribution is 7.17. The van der Waals surface area contributed by atoms with Crippen molar-refractivity contribution in [2.45, 2.75) is 19.9 Å². The zero-order valence-corrected chi connectivity index (χ0v) is 19.7. The maximum Gasteiger partial charge on any atom is 0.367 e. The first-order chi connectivity index (χ1) is 16.9. The molecule has 9 nitrogen and oxygen atoms in total. The zero-order chi connectivity index (χ0) is 24.7. The molecule has 0 aliphatic heterocycles. The van der Waals surface area contributed by atoms with E-state index in [4.69, 9.17) is 16.3 Å². The molecule has 3 heterocycles. The number of hydrogen-bond donors (Lipinski definition) is 2. The van der Waals surface area contributed by atoms with Gasteiger partial charge in [-0.1, -0.05) is 36.4 Å². The van der Waals surface area contributed by atoms with Crippen molar-refractivity contribution in [1.29, 1.82) is 0 Å². The number of hydrogen-bond acceptors (Lipinski definition) is 6. The lowest BCUT2D eigenvalue weighted by Crippen LogP contribution is -2.33. The van der Waals surface area contributed by atoms with E-state index in [9.17, 15) is 14.4 Å². The number of imidazole rings is 1. The highest BCUT2D eigenvalue weighted by Gasteiger charge is 2.31. The number of aryl methyl sites for hydroxylation is 1. The van der Waals surface area contributed by atoms with Gasteiger partial charge in [0.2, 0.25) is 0 Å². The molecule has 0 spiro atoms. The van der Waals surface area contributed by atoms with Crippen LogP contribution in [-0.4, -0.2) is 32.3 Å². The number of carbonyl (C=O) groups is 2. The third-order valence-corrected chi connectivity index (χ3v) is 6.77. The average Bonchev–Trinajstić information content (AvgIpc) is 3.50. The molecule has 3 aromatic heterocycles. The molecular weight excluding hydrogens is 466 g/mol. The molecule has 0 aliphatic rings. The Morgan fingerprint density at radius 2 is 1.77 bits per heavy atom. The Bertz CT molecular complexity index is 1660. The number of fused-ring (bicyclic) bond motifs is 2. The van der Waals surface area contributed by atoms with Crippen molar-refractivity contribution in [2.75, 3.05) is 6.54 Å². The minimum absolute atomic E-state index is 0.206. The fraction of sp³-hybridized carbons (Fsp3) is 0.160. The molecule has 10 heteroatoms. The Kier molecular flexibility index (Phi) is 5.75. The van der Waals surface area contributed by atoms with Crippen LogP contribution < -0.4 is 22.0 Å². The molecule has 0 saturated heterocycles. The number of benzene rings is 2. The number of thiophene rings is 1. The Hall–Kier alpha value is -4.15. The van der Waals surface area contributed by atoms with E-state index >= 15 is 0 Å². The van der Waals surface area contributed by atoms with Crippen molar-refractivity contribution in [3.63, 3.8) is 0 Å². The summed E-state index contributed by atoms with van der Waals surface area (Å²) in [5, 5.41) is 3.48. The molecule has 0 unspecified atom stereocenters. The monoisotopic (exact) mass is 489 g/mol.